The van der Waals surface area contributed by atoms with Crippen molar-refractivity contribution in [2.75, 3.05) is 57.8 Å². The number of benzene rings is 1. The zero-order valence-electron chi connectivity index (χ0n) is 15.6. The van der Waals surface area contributed by atoms with Crippen LogP contribution >= 0.6 is 35.7 Å². The molecular formula is C17H28IN5O2S2. The number of halogens is 1. The summed E-state index contributed by atoms with van der Waals surface area (Å²) in [4.78, 5) is 9.01. The van der Waals surface area contributed by atoms with E-state index >= 15 is 0 Å². The van der Waals surface area contributed by atoms with Crippen LogP contribution in [-0.4, -0.2) is 86.3 Å². The Morgan fingerprint density at radius 2 is 1.74 bits per heavy atom. The number of nitrogens with two attached hydrogens (primary N) is 1. The SMILES string of the molecule is CN1CCN(S(=O)(=O)c2ccccc2CN=C(N)N2CCSCC2)CC1.I. The molecule has 2 aliphatic rings. The first-order chi connectivity index (χ1) is 12.5. The molecule has 0 saturated carbocycles. The molecule has 0 bridgehead atoms. The summed E-state index contributed by atoms with van der Waals surface area (Å²) in [6.45, 7) is 4.59. The molecule has 2 fully saturated rings. The molecule has 2 heterocycles. The predicted molar refractivity (Wildman–Crippen MR) is 122 cm³/mol. The third-order valence-corrected chi connectivity index (χ3v) is 7.74. The Morgan fingerprint density at radius 3 is 2.41 bits per heavy atom. The molecule has 2 aliphatic heterocycles. The number of sulfonamides is 1. The molecule has 2 saturated heterocycles. The zero-order valence-corrected chi connectivity index (χ0v) is 19.5. The Balaban J connectivity index is 0.00000261. The number of guanidine groups is 1. The molecule has 2 N–H and O–H groups in total. The highest BCUT2D eigenvalue weighted by molar-refractivity contribution is 14.0. The van der Waals surface area contributed by atoms with Crippen LogP contribution in [0.2, 0.25) is 0 Å². The Hall–Kier alpha value is -0.560. The molecule has 0 atom stereocenters. The first-order valence-corrected chi connectivity index (χ1v) is 11.5. The van der Waals surface area contributed by atoms with Gasteiger partial charge in [0, 0.05) is 50.8 Å². The molecule has 1 aromatic carbocycles. The summed E-state index contributed by atoms with van der Waals surface area (Å²) in [5, 5.41) is 0. The van der Waals surface area contributed by atoms with Gasteiger partial charge in [-0.25, -0.2) is 13.4 Å². The first-order valence-electron chi connectivity index (χ1n) is 8.87. The summed E-state index contributed by atoms with van der Waals surface area (Å²) >= 11 is 1.91. The predicted octanol–water partition coefficient (Wildman–Crippen LogP) is 1.10. The highest BCUT2D eigenvalue weighted by Crippen LogP contribution is 2.22. The largest absolute Gasteiger partial charge is 0.370 e. The zero-order chi connectivity index (χ0) is 18.6. The maximum atomic E-state index is 13.1. The second-order valence-corrected chi connectivity index (χ2v) is 9.72. The number of piperazine rings is 1. The van der Waals surface area contributed by atoms with Crippen molar-refractivity contribution >= 4 is 51.7 Å². The fourth-order valence-electron chi connectivity index (χ4n) is 3.11. The molecule has 0 unspecified atom stereocenters. The van der Waals surface area contributed by atoms with E-state index in [1.807, 2.05) is 30.9 Å². The van der Waals surface area contributed by atoms with Crippen molar-refractivity contribution in [3.05, 3.63) is 29.8 Å². The van der Waals surface area contributed by atoms with Crippen LogP contribution in [0.15, 0.2) is 34.2 Å². The summed E-state index contributed by atoms with van der Waals surface area (Å²) in [7, 11) is -1.50. The number of hydrogen-bond donors (Lipinski definition) is 1. The summed E-state index contributed by atoms with van der Waals surface area (Å²) in [5.74, 6) is 2.59. The Labute approximate surface area is 183 Å². The molecule has 0 amide bonds. The molecule has 0 radical (unpaired) electrons. The van der Waals surface area contributed by atoms with Crippen molar-refractivity contribution in [3.8, 4) is 0 Å². The van der Waals surface area contributed by atoms with Gasteiger partial charge < -0.3 is 15.5 Å². The van der Waals surface area contributed by atoms with Gasteiger partial charge in [0.1, 0.15) is 0 Å². The van der Waals surface area contributed by atoms with Crippen LogP contribution in [-0.2, 0) is 16.6 Å². The lowest BCUT2D eigenvalue weighted by Gasteiger charge is -2.32. The lowest BCUT2D eigenvalue weighted by molar-refractivity contribution is 0.222. The molecule has 0 spiro atoms. The van der Waals surface area contributed by atoms with E-state index in [9.17, 15) is 8.42 Å². The van der Waals surface area contributed by atoms with Crippen molar-refractivity contribution < 1.29 is 8.42 Å². The van der Waals surface area contributed by atoms with Gasteiger partial charge in [-0.1, -0.05) is 18.2 Å². The molecule has 27 heavy (non-hydrogen) atoms. The number of thioether (sulfide) groups is 1. The molecule has 3 rings (SSSR count). The quantitative estimate of drug-likeness (QED) is 0.361. The number of aliphatic imine (C=N–C) groups is 1. The average Bonchev–Trinajstić information content (AvgIpc) is 2.67. The van der Waals surface area contributed by atoms with Gasteiger partial charge in [0.2, 0.25) is 10.0 Å². The first kappa shape index (κ1) is 22.7. The van der Waals surface area contributed by atoms with Crippen molar-refractivity contribution in [1.29, 1.82) is 0 Å². The lowest BCUT2D eigenvalue weighted by atomic mass is 10.2. The molecule has 7 nitrogen and oxygen atoms in total. The maximum absolute atomic E-state index is 13.1. The second kappa shape index (κ2) is 10.3. The number of likely N-dealkylation sites (N-methyl/N-ethyl adjacent to an activating group) is 1. The third kappa shape index (κ3) is 5.72. The van der Waals surface area contributed by atoms with E-state index in [0.717, 1.165) is 37.7 Å². The van der Waals surface area contributed by atoms with Crippen LogP contribution in [0.5, 0.6) is 0 Å². The Morgan fingerprint density at radius 1 is 1.11 bits per heavy atom. The lowest BCUT2D eigenvalue weighted by Crippen LogP contribution is -2.47. The van der Waals surface area contributed by atoms with Gasteiger partial charge in [-0.3, -0.25) is 0 Å². The van der Waals surface area contributed by atoms with Crippen LogP contribution in [0.3, 0.4) is 0 Å². The van der Waals surface area contributed by atoms with E-state index < -0.39 is 10.0 Å². The molecule has 152 valence electrons. The molecule has 1 aromatic rings. The normalized spacial score (nSPS) is 20.3. The van der Waals surface area contributed by atoms with Gasteiger partial charge in [0.25, 0.3) is 0 Å². The summed E-state index contributed by atoms with van der Waals surface area (Å²) < 4.78 is 27.7. The Kier molecular flexibility index (Phi) is 8.66. The van der Waals surface area contributed by atoms with Crippen molar-refractivity contribution in [2.45, 2.75) is 11.4 Å². The minimum atomic E-state index is -3.51. The average molecular weight is 525 g/mol. The fraction of sp³-hybridized carbons (Fsp3) is 0.588. The van der Waals surface area contributed by atoms with Gasteiger partial charge in [0.15, 0.2) is 5.96 Å². The maximum Gasteiger partial charge on any atom is 0.243 e. The standard InChI is InChI=1S/C17H27N5O2S2.HI/c1-20-6-8-22(9-7-20)26(23,24)16-5-3-2-4-15(16)14-19-17(18)21-10-12-25-13-11-21;/h2-5H,6-14H2,1H3,(H2,18,19);1H. The van der Waals surface area contributed by atoms with Crippen LogP contribution in [0, 0.1) is 0 Å². The van der Waals surface area contributed by atoms with Crippen LogP contribution < -0.4 is 5.73 Å². The number of rotatable bonds is 4. The van der Waals surface area contributed by atoms with E-state index in [0.29, 0.717) is 29.5 Å². The third-order valence-electron chi connectivity index (χ3n) is 4.80. The minimum absolute atomic E-state index is 0. The molecule has 0 aromatic heterocycles. The second-order valence-electron chi connectivity index (χ2n) is 6.59. The topological polar surface area (TPSA) is 82.2 Å². The Bertz CT molecular complexity index is 745. The summed E-state index contributed by atoms with van der Waals surface area (Å²) in [5.41, 5.74) is 6.81. The molecule has 10 heteroatoms. The van der Waals surface area contributed by atoms with Crippen molar-refractivity contribution in [1.82, 2.24) is 14.1 Å². The number of nitrogens with zero attached hydrogens (tertiary/aromatic N) is 4. The van der Waals surface area contributed by atoms with Crippen LogP contribution in [0.25, 0.3) is 0 Å². The van der Waals surface area contributed by atoms with Crippen LogP contribution in [0.4, 0.5) is 0 Å². The summed E-state index contributed by atoms with van der Waals surface area (Å²) in [6, 6.07) is 7.11. The van der Waals surface area contributed by atoms with Gasteiger partial charge >= 0.3 is 0 Å². The van der Waals surface area contributed by atoms with E-state index in [-0.39, 0.29) is 30.5 Å². The van der Waals surface area contributed by atoms with Gasteiger partial charge in [-0.05, 0) is 18.7 Å². The van der Waals surface area contributed by atoms with E-state index in [1.165, 1.54) is 0 Å². The fourth-order valence-corrected chi connectivity index (χ4v) is 5.65. The van der Waals surface area contributed by atoms with Crippen LogP contribution in [0.1, 0.15) is 5.56 Å². The van der Waals surface area contributed by atoms with E-state index in [4.69, 9.17) is 5.73 Å². The van der Waals surface area contributed by atoms with E-state index in [2.05, 4.69) is 14.8 Å². The minimum Gasteiger partial charge on any atom is -0.370 e. The summed E-state index contributed by atoms with van der Waals surface area (Å²) in [6.07, 6.45) is 0. The van der Waals surface area contributed by atoms with Crippen molar-refractivity contribution in [2.24, 2.45) is 10.7 Å². The van der Waals surface area contributed by atoms with Crippen molar-refractivity contribution in [3.63, 3.8) is 0 Å². The van der Waals surface area contributed by atoms with E-state index in [1.54, 1.807) is 16.4 Å². The highest BCUT2D eigenvalue weighted by Gasteiger charge is 2.29. The number of hydrogen-bond acceptors (Lipinski definition) is 5. The van der Waals surface area contributed by atoms with Gasteiger partial charge in [-0.15, -0.1) is 24.0 Å². The van der Waals surface area contributed by atoms with Gasteiger partial charge in [-0.2, -0.15) is 16.1 Å². The molecule has 0 aliphatic carbocycles. The monoisotopic (exact) mass is 525 g/mol. The smallest absolute Gasteiger partial charge is 0.243 e. The highest BCUT2D eigenvalue weighted by atomic mass is 127. The molecular weight excluding hydrogens is 497 g/mol. The van der Waals surface area contributed by atoms with Gasteiger partial charge in [0.05, 0.1) is 11.4 Å².